The lowest BCUT2D eigenvalue weighted by atomic mass is 10.3. The van der Waals surface area contributed by atoms with E-state index >= 15 is 0 Å². The molecule has 0 atom stereocenters. The molecule has 0 spiro atoms. The molecule has 0 aliphatic heterocycles. The molecule has 0 saturated heterocycles. The number of nitrogens with two attached hydrogens (primary N) is 1. The smallest absolute Gasteiger partial charge is 0.138 e. The van der Waals surface area contributed by atoms with Crippen LogP contribution in [0.5, 0.6) is 0 Å². The standard InChI is InChI=1S/C9H11N3/c1-6-3-4-8-11-7(2)9(10)12(8)5-6/h3-5H,10H2,1-2H3. The van der Waals surface area contributed by atoms with Crippen molar-refractivity contribution in [1.29, 1.82) is 0 Å². The molecule has 0 aliphatic rings. The number of aryl methyl sites for hydroxylation is 2. The van der Waals surface area contributed by atoms with Crippen molar-refractivity contribution in [3.8, 4) is 0 Å². The summed E-state index contributed by atoms with van der Waals surface area (Å²) in [5.41, 5.74) is 8.80. The maximum absolute atomic E-state index is 5.81. The van der Waals surface area contributed by atoms with Crippen LogP contribution < -0.4 is 5.73 Å². The van der Waals surface area contributed by atoms with Crippen LogP contribution in [0, 0.1) is 13.8 Å². The average molecular weight is 161 g/mol. The summed E-state index contributed by atoms with van der Waals surface area (Å²) in [4.78, 5) is 4.29. The Morgan fingerprint density at radius 3 is 2.83 bits per heavy atom. The van der Waals surface area contributed by atoms with Crippen molar-refractivity contribution in [2.45, 2.75) is 13.8 Å². The van der Waals surface area contributed by atoms with E-state index < -0.39 is 0 Å². The number of pyridine rings is 1. The zero-order valence-corrected chi connectivity index (χ0v) is 7.20. The van der Waals surface area contributed by atoms with E-state index in [9.17, 15) is 0 Å². The van der Waals surface area contributed by atoms with Crippen LogP contribution in [-0.4, -0.2) is 9.38 Å². The Labute approximate surface area is 70.8 Å². The molecule has 0 fully saturated rings. The van der Waals surface area contributed by atoms with E-state index in [0.29, 0.717) is 0 Å². The molecule has 0 bridgehead atoms. The summed E-state index contributed by atoms with van der Waals surface area (Å²) < 4.78 is 1.91. The molecule has 2 heterocycles. The Morgan fingerprint density at radius 1 is 1.33 bits per heavy atom. The summed E-state index contributed by atoms with van der Waals surface area (Å²) in [6.07, 6.45) is 1.99. The van der Waals surface area contributed by atoms with Crippen LogP contribution in [-0.2, 0) is 0 Å². The van der Waals surface area contributed by atoms with Crippen LogP contribution >= 0.6 is 0 Å². The van der Waals surface area contributed by atoms with Gasteiger partial charge in [0.15, 0.2) is 0 Å². The lowest BCUT2D eigenvalue weighted by molar-refractivity contribution is 1.16. The predicted octanol–water partition coefficient (Wildman–Crippen LogP) is 1.53. The SMILES string of the molecule is Cc1ccc2nc(C)c(N)n2c1. The van der Waals surface area contributed by atoms with E-state index in [2.05, 4.69) is 4.98 Å². The molecule has 3 heteroatoms. The highest BCUT2D eigenvalue weighted by Gasteiger charge is 2.03. The van der Waals surface area contributed by atoms with Crippen molar-refractivity contribution in [2.24, 2.45) is 0 Å². The zero-order valence-electron chi connectivity index (χ0n) is 7.20. The molecule has 0 aromatic carbocycles. The molecule has 0 radical (unpaired) electrons. The third kappa shape index (κ3) is 0.863. The van der Waals surface area contributed by atoms with E-state index in [4.69, 9.17) is 5.73 Å². The number of hydrogen-bond donors (Lipinski definition) is 1. The monoisotopic (exact) mass is 161 g/mol. The molecular weight excluding hydrogens is 150 g/mol. The van der Waals surface area contributed by atoms with Gasteiger partial charge < -0.3 is 5.73 Å². The molecule has 12 heavy (non-hydrogen) atoms. The van der Waals surface area contributed by atoms with Crippen molar-refractivity contribution in [1.82, 2.24) is 9.38 Å². The van der Waals surface area contributed by atoms with E-state index in [1.807, 2.05) is 36.6 Å². The number of hydrogen-bond acceptors (Lipinski definition) is 2. The maximum atomic E-state index is 5.81. The second-order valence-electron chi connectivity index (χ2n) is 3.02. The third-order valence-electron chi connectivity index (χ3n) is 1.99. The van der Waals surface area contributed by atoms with Crippen molar-refractivity contribution < 1.29 is 0 Å². The van der Waals surface area contributed by atoms with Crippen molar-refractivity contribution in [3.63, 3.8) is 0 Å². The Morgan fingerprint density at radius 2 is 2.08 bits per heavy atom. The topological polar surface area (TPSA) is 43.3 Å². The first kappa shape index (κ1) is 7.16. The highest BCUT2D eigenvalue weighted by atomic mass is 15.1. The molecule has 2 rings (SSSR count). The molecule has 0 unspecified atom stereocenters. The number of anilines is 1. The van der Waals surface area contributed by atoms with E-state index in [-0.39, 0.29) is 0 Å². The molecule has 0 saturated carbocycles. The first-order valence-corrected chi connectivity index (χ1v) is 3.89. The van der Waals surface area contributed by atoms with Gasteiger partial charge in [-0.05, 0) is 25.5 Å². The Hall–Kier alpha value is -1.51. The fraction of sp³-hybridized carbons (Fsp3) is 0.222. The first-order chi connectivity index (χ1) is 5.68. The Bertz CT molecular complexity index is 429. The van der Waals surface area contributed by atoms with Gasteiger partial charge in [0.05, 0.1) is 5.69 Å². The van der Waals surface area contributed by atoms with Gasteiger partial charge in [0, 0.05) is 6.20 Å². The summed E-state index contributed by atoms with van der Waals surface area (Å²) in [5.74, 6) is 0.730. The van der Waals surface area contributed by atoms with Gasteiger partial charge in [-0.2, -0.15) is 0 Å². The van der Waals surface area contributed by atoms with Gasteiger partial charge in [0.25, 0.3) is 0 Å². The van der Waals surface area contributed by atoms with Crippen molar-refractivity contribution >= 4 is 11.5 Å². The van der Waals surface area contributed by atoms with E-state index in [1.54, 1.807) is 0 Å². The molecular formula is C9H11N3. The largest absolute Gasteiger partial charge is 0.383 e. The van der Waals surface area contributed by atoms with Gasteiger partial charge in [-0.15, -0.1) is 0 Å². The van der Waals surface area contributed by atoms with Crippen LogP contribution in [0.2, 0.25) is 0 Å². The second kappa shape index (κ2) is 2.24. The minimum atomic E-state index is 0.730. The van der Waals surface area contributed by atoms with Crippen molar-refractivity contribution in [3.05, 3.63) is 29.6 Å². The molecule has 0 aliphatic carbocycles. The van der Waals surface area contributed by atoms with E-state index in [0.717, 1.165) is 17.2 Å². The summed E-state index contributed by atoms with van der Waals surface area (Å²) in [6.45, 7) is 3.95. The van der Waals surface area contributed by atoms with Crippen molar-refractivity contribution in [2.75, 3.05) is 5.73 Å². The minimum Gasteiger partial charge on any atom is -0.383 e. The number of nitrogens with zero attached hydrogens (tertiary/aromatic N) is 2. The lowest BCUT2D eigenvalue weighted by Crippen LogP contribution is -1.93. The van der Waals surface area contributed by atoms with E-state index in [1.165, 1.54) is 5.56 Å². The number of imidazole rings is 1. The Kier molecular flexibility index (Phi) is 1.33. The fourth-order valence-electron chi connectivity index (χ4n) is 1.29. The van der Waals surface area contributed by atoms with Gasteiger partial charge in [0.1, 0.15) is 11.5 Å². The molecule has 3 nitrogen and oxygen atoms in total. The molecule has 2 aromatic heterocycles. The number of fused-ring (bicyclic) bond motifs is 1. The maximum Gasteiger partial charge on any atom is 0.138 e. The first-order valence-electron chi connectivity index (χ1n) is 3.89. The highest BCUT2D eigenvalue weighted by Crippen LogP contribution is 2.14. The zero-order chi connectivity index (χ0) is 8.72. The third-order valence-corrected chi connectivity index (χ3v) is 1.99. The van der Waals surface area contributed by atoms with Gasteiger partial charge in [0.2, 0.25) is 0 Å². The summed E-state index contributed by atoms with van der Waals surface area (Å²) in [7, 11) is 0. The van der Waals surface area contributed by atoms with Gasteiger partial charge in [-0.3, -0.25) is 4.40 Å². The fourth-order valence-corrected chi connectivity index (χ4v) is 1.29. The molecule has 62 valence electrons. The van der Waals surface area contributed by atoms with Crippen LogP contribution in [0.1, 0.15) is 11.3 Å². The second-order valence-corrected chi connectivity index (χ2v) is 3.02. The lowest BCUT2D eigenvalue weighted by Gasteiger charge is -1.96. The average Bonchev–Trinajstić information content (AvgIpc) is 2.31. The number of rotatable bonds is 0. The normalized spacial score (nSPS) is 10.8. The van der Waals surface area contributed by atoms with Gasteiger partial charge in [-0.25, -0.2) is 4.98 Å². The molecule has 0 amide bonds. The van der Waals surface area contributed by atoms with Crippen LogP contribution in [0.15, 0.2) is 18.3 Å². The molecule has 2 N–H and O–H groups in total. The summed E-state index contributed by atoms with van der Waals surface area (Å²) in [6, 6.07) is 4.00. The van der Waals surface area contributed by atoms with Crippen LogP contribution in [0.25, 0.3) is 5.65 Å². The minimum absolute atomic E-state index is 0.730. The predicted molar refractivity (Wildman–Crippen MR) is 49.1 cm³/mol. The summed E-state index contributed by atoms with van der Waals surface area (Å²) in [5, 5.41) is 0. The number of nitrogen functional groups attached to an aromatic ring is 1. The van der Waals surface area contributed by atoms with Crippen LogP contribution in [0.4, 0.5) is 5.82 Å². The van der Waals surface area contributed by atoms with Gasteiger partial charge in [-0.1, -0.05) is 6.07 Å². The quantitative estimate of drug-likeness (QED) is 0.636. The number of aromatic nitrogens is 2. The summed E-state index contributed by atoms with van der Waals surface area (Å²) >= 11 is 0. The van der Waals surface area contributed by atoms with Crippen LogP contribution in [0.3, 0.4) is 0 Å². The van der Waals surface area contributed by atoms with Gasteiger partial charge >= 0.3 is 0 Å². The molecule has 2 aromatic rings. The Balaban J connectivity index is 2.88. The highest BCUT2D eigenvalue weighted by molar-refractivity contribution is 5.52.